The van der Waals surface area contributed by atoms with Gasteiger partial charge >= 0.3 is 0 Å². The molecule has 1 atom stereocenters. The molecule has 0 radical (unpaired) electrons. The number of fused-ring (bicyclic) bond motifs is 1. The fourth-order valence-electron chi connectivity index (χ4n) is 3.75. The Morgan fingerprint density at radius 3 is 2.95 bits per heavy atom. The predicted molar refractivity (Wildman–Crippen MR) is 83.5 cm³/mol. The van der Waals surface area contributed by atoms with Crippen LogP contribution in [0.4, 0.5) is 0 Å². The van der Waals surface area contributed by atoms with E-state index in [1.807, 2.05) is 0 Å². The molecule has 0 saturated heterocycles. The summed E-state index contributed by atoms with van der Waals surface area (Å²) >= 11 is 0. The highest BCUT2D eigenvalue weighted by molar-refractivity contribution is 5.94. The summed E-state index contributed by atoms with van der Waals surface area (Å²) in [6.07, 6.45) is 7.54. The maximum Gasteiger partial charge on any atom is 0.272 e. The Morgan fingerprint density at radius 1 is 1.36 bits per heavy atom. The smallest absolute Gasteiger partial charge is 0.272 e. The fourth-order valence-corrected chi connectivity index (χ4v) is 3.75. The zero-order valence-electron chi connectivity index (χ0n) is 13.0. The van der Waals surface area contributed by atoms with Crippen LogP contribution < -0.4 is 10.6 Å². The molecule has 1 saturated carbocycles. The van der Waals surface area contributed by atoms with E-state index in [4.69, 9.17) is 0 Å². The second-order valence-corrected chi connectivity index (χ2v) is 6.45. The highest BCUT2D eigenvalue weighted by atomic mass is 16.3. The van der Waals surface area contributed by atoms with Crippen molar-refractivity contribution < 1.29 is 9.90 Å². The van der Waals surface area contributed by atoms with Gasteiger partial charge in [0.1, 0.15) is 0 Å². The number of carbonyl (C=O) groups is 1. The lowest BCUT2D eigenvalue weighted by molar-refractivity contribution is 0.0893. The number of aromatic nitrogens is 2. The summed E-state index contributed by atoms with van der Waals surface area (Å²) in [5.74, 6) is 0.378. The van der Waals surface area contributed by atoms with E-state index < -0.39 is 0 Å². The molecule has 0 bridgehead atoms. The van der Waals surface area contributed by atoms with Gasteiger partial charge in [0.05, 0.1) is 0 Å². The van der Waals surface area contributed by atoms with Crippen molar-refractivity contribution in [2.24, 2.45) is 5.92 Å². The van der Waals surface area contributed by atoms with E-state index in [1.54, 1.807) is 0 Å². The summed E-state index contributed by atoms with van der Waals surface area (Å²) in [5.41, 5.74) is 2.58. The van der Waals surface area contributed by atoms with Gasteiger partial charge in [-0.15, -0.1) is 0 Å². The first-order valence-corrected chi connectivity index (χ1v) is 8.48. The third-order valence-corrected chi connectivity index (χ3v) is 5.00. The number of hydrogen-bond donors (Lipinski definition) is 4. The molecule has 2 heterocycles. The number of H-pyrrole nitrogens is 1. The summed E-state index contributed by atoms with van der Waals surface area (Å²) in [5, 5.41) is 22.9. The molecular formula is C16H26N4O2. The normalized spacial score (nSPS) is 20.4. The first-order valence-electron chi connectivity index (χ1n) is 8.48. The third kappa shape index (κ3) is 3.33. The van der Waals surface area contributed by atoms with Crippen LogP contribution in [-0.4, -0.2) is 40.4 Å². The molecule has 1 aliphatic carbocycles. The topological polar surface area (TPSA) is 90.0 Å². The van der Waals surface area contributed by atoms with Gasteiger partial charge in [-0.25, -0.2) is 0 Å². The van der Waals surface area contributed by atoms with Gasteiger partial charge in [-0.2, -0.15) is 5.10 Å². The number of nitrogens with zero attached hydrogens (tertiary/aromatic N) is 1. The van der Waals surface area contributed by atoms with Crippen LogP contribution in [-0.2, 0) is 13.0 Å². The zero-order valence-corrected chi connectivity index (χ0v) is 13.0. The average molecular weight is 306 g/mol. The van der Waals surface area contributed by atoms with Crippen LogP contribution >= 0.6 is 0 Å². The van der Waals surface area contributed by atoms with Crippen molar-refractivity contribution in [3.63, 3.8) is 0 Å². The number of aromatic amines is 1. The van der Waals surface area contributed by atoms with E-state index in [-0.39, 0.29) is 18.6 Å². The Hall–Kier alpha value is -1.40. The minimum Gasteiger partial charge on any atom is -0.396 e. The highest BCUT2D eigenvalue weighted by Gasteiger charge is 2.28. The van der Waals surface area contributed by atoms with Crippen molar-refractivity contribution in [1.82, 2.24) is 20.8 Å². The number of carbonyl (C=O) groups excluding carboxylic acids is 1. The van der Waals surface area contributed by atoms with Gasteiger partial charge < -0.3 is 15.7 Å². The van der Waals surface area contributed by atoms with Crippen LogP contribution in [0.25, 0.3) is 0 Å². The van der Waals surface area contributed by atoms with Gasteiger partial charge in [0.25, 0.3) is 5.91 Å². The molecule has 1 aliphatic heterocycles. The zero-order chi connectivity index (χ0) is 15.4. The van der Waals surface area contributed by atoms with Gasteiger partial charge in [-0.05, 0) is 25.2 Å². The minimum absolute atomic E-state index is 0.0571. The lowest BCUT2D eigenvalue weighted by Crippen LogP contribution is -2.42. The molecule has 1 amide bonds. The molecule has 0 spiro atoms. The van der Waals surface area contributed by atoms with Gasteiger partial charge in [-0.3, -0.25) is 9.89 Å². The standard InChI is InChI=1S/C16H26N4O2/c21-9-7-13(11-4-2-1-3-5-11)18-16(22)15-12-10-17-8-6-14(12)19-20-15/h11,13,17,21H,1-10H2,(H,18,22)(H,19,20). The molecule has 1 unspecified atom stereocenters. The van der Waals surface area contributed by atoms with Crippen LogP contribution in [0.5, 0.6) is 0 Å². The van der Waals surface area contributed by atoms with E-state index in [2.05, 4.69) is 20.8 Å². The van der Waals surface area contributed by atoms with Gasteiger partial charge in [0.15, 0.2) is 5.69 Å². The number of aliphatic hydroxyl groups excluding tert-OH is 1. The number of hydrogen-bond acceptors (Lipinski definition) is 4. The van der Waals surface area contributed by atoms with E-state index in [0.29, 0.717) is 24.6 Å². The minimum atomic E-state index is -0.106. The molecule has 1 aromatic rings. The lowest BCUT2D eigenvalue weighted by Gasteiger charge is -2.30. The summed E-state index contributed by atoms with van der Waals surface area (Å²) in [6, 6.07) is 0.0571. The molecule has 6 heteroatoms. The number of amides is 1. The molecule has 1 fully saturated rings. The quantitative estimate of drug-likeness (QED) is 0.656. The average Bonchev–Trinajstić information content (AvgIpc) is 2.99. The van der Waals surface area contributed by atoms with E-state index in [0.717, 1.165) is 37.1 Å². The number of rotatable bonds is 5. The maximum atomic E-state index is 12.6. The van der Waals surface area contributed by atoms with E-state index >= 15 is 0 Å². The molecule has 22 heavy (non-hydrogen) atoms. The van der Waals surface area contributed by atoms with Crippen molar-refractivity contribution in [3.05, 3.63) is 17.0 Å². The molecule has 2 aliphatic rings. The van der Waals surface area contributed by atoms with Crippen molar-refractivity contribution in [2.45, 2.75) is 57.5 Å². The maximum absolute atomic E-state index is 12.6. The van der Waals surface area contributed by atoms with E-state index in [9.17, 15) is 9.90 Å². The monoisotopic (exact) mass is 306 g/mol. The Balaban J connectivity index is 1.69. The van der Waals surface area contributed by atoms with Crippen molar-refractivity contribution in [3.8, 4) is 0 Å². The van der Waals surface area contributed by atoms with Crippen LogP contribution in [0.3, 0.4) is 0 Å². The summed E-state index contributed by atoms with van der Waals surface area (Å²) in [6.45, 7) is 1.73. The lowest BCUT2D eigenvalue weighted by atomic mass is 9.82. The molecule has 122 valence electrons. The summed E-state index contributed by atoms with van der Waals surface area (Å²) in [4.78, 5) is 12.6. The van der Waals surface area contributed by atoms with Gasteiger partial charge in [-0.1, -0.05) is 19.3 Å². The second-order valence-electron chi connectivity index (χ2n) is 6.45. The highest BCUT2D eigenvalue weighted by Crippen LogP contribution is 2.28. The Morgan fingerprint density at radius 2 is 2.18 bits per heavy atom. The van der Waals surface area contributed by atoms with Gasteiger partial charge in [0.2, 0.25) is 0 Å². The van der Waals surface area contributed by atoms with Crippen molar-refractivity contribution >= 4 is 5.91 Å². The second kappa shape index (κ2) is 7.24. The molecule has 4 N–H and O–H groups in total. The third-order valence-electron chi connectivity index (χ3n) is 5.00. The predicted octanol–water partition coefficient (Wildman–Crippen LogP) is 1.12. The van der Waals surface area contributed by atoms with Gasteiger partial charge in [0, 0.05) is 43.4 Å². The van der Waals surface area contributed by atoms with Crippen LogP contribution in [0, 0.1) is 5.92 Å². The molecule has 3 rings (SSSR count). The summed E-state index contributed by atoms with van der Waals surface area (Å²) < 4.78 is 0. The van der Waals surface area contributed by atoms with Crippen LogP contribution in [0.1, 0.15) is 60.3 Å². The van der Waals surface area contributed by atoms with Crippen LogP contribution in [0.2, 0.25) is 0 Å². The van der Waals surface area contributed by atoms with Crippen molar-refractivity contribution in [1.29, 1.82) is 0 Å². The molecule has 0 aromatic carbocycles. The summed E-state index contributed by atoms with van der Waals surface area (Å²) in [7, 11) is 0. The van der Waals surface area contributed by atoms with Crippen molar-refractivity contribution in [2.75, 3.05) is 13.2 Å². The number of nitrogens with one attached hydrogen (secondary N) is 3. The Labute approximate surface area is 131 Å². The molecular weight excluding hydrogens is 280 g/mol. The van der Waals surface area contributed by atoms with E-state index in [1.165, 1.54) is 19.3 Å². The largest absolute Gasteiger partial charge is 0.396 e. The first kappa shape index (κ1) is 15.5. The fraction of sp³-hybridized carbons (Fsp3) is 0.750. The molecule has 1 aromatic heterocycles. The Kier molecular flexibility index (Phi) is 5.10. The SMILES string of the molecule is O=C(NC(CCO)C1CCCCC1)c1n[nH]c2c1CNCC2. The van der Waals surface area contributed by atoms with Crippen LogP contribution in [0.15, 0.2) is 0 Å². The number of aliphatic hydroxyl groups is 1. The first-order chi connectivity index (χ1) is 10.8. The molecule has 6 nitrogen and oxygen atoms in total. The Bertz CT molecular complexity index is 508.